The first-order valence-electron chi connectivity index (χ1n) is 6.07. The molecule has 19 heavy (non-hydrogen) atoms. The second-order valence-corrected chi connectivity index (χ2v) is 5.28. The first-order valence-corrected chi connectivity index (χ1v) is 6.95. The number of rotatable bonds is 5. The Kier molecular flexibility index (Phi) is 4.51. The number of aryl methyl sites for hydroxylation is 1. The first kappa shape index (κ1) is 13.5. The maximum atomic E-state index is 11.7. The molecule has 0 aliphatic rings. The predicted octanol–water partition coefficient (Wildman–Crippen LogP) is 1.48. The summed E-state index contributed by atoms with van der Waals surface area (Å²) in [7, 11) is 1.85. The summed E-state index contributed by atoms with van der Waals surface area (Å²) in [5.74, 6) is 0.730. The lowest BCUT2D eigenvalue weighted by molar-refractivity contribution is 0.237. The molecule has 6 nitrogen and oxygen atoms in total. The van der Waals surface area contributed by atoms with Gasteiger partial charge in [-0.3, -0.25) is 0 Å². The van der Waals surface area contributed by atoms with Gasteiger partial charge in [-0.1, -0.05) is 6.07 Å². The molecule has 0 aliphatic heterocycles. The van der Waals surface area contributed by atoms with Crippen LogP contribution in [-0.4, -0.2) is 27.3 Å². The SMILES string of the molecule is C[C@@H](NC(=O)NCCc1cccs1)c1nncn1C. The van der Waals surface area contributed by atoms with Crippen LogP contribution in [0, 0.1) is 0 Å². The molecule has 1 atom stereocenters. The van der Waals surface area contributed by atoms with Gasteiger partial charge in [0.2, 0.25) is 0 Å². The highest BCUT2D eigenvalue weighted by Gasteiger charge is 2.13. The van der Waals surface area contributed by atoms with Crippen LogP contribution >= 0.6 is 11.3 Å². The molecular weight excluding hydrogens is 262 g/mol. The van der Waals surface area contributed by atoms with E-state index in [0.717, 1.165) is 12.2 Å². The zero-order valence-electron chi connectivity index (χ0n) is 11.0. The van der Waals surface area contributed by atoms with Crippen molar-refractivity contribution >= 4 is 17.4 Å². The Morgan fingerprint density at radius 2 is 2.42 bits per heavy atom. The van der Waals surface area contributed by atoms with Crippen molar-refractivity contribution in [3.8, 4) is 0 Å². The normalized spacial score (nSPS) is 12.1. The van der Waals surface area contributed by atoms with Gasteiger partial charge in [-0.2, -0.15) is 0 Å². The monoisotopic (exact) mass is 279 g/mol. The number of hydrogen-bond acceptors (Lipinski definition) is 4. The van der Waals surface area contributed by atoms with Gasteiger partial charge in [-0.15, -0.1) is 21.5 Å². The fourth-order valence-electron chi connectivity index (χ4n) is 1.75. The summed E-state index contributed by atoms with van der Waals surface area (Å²) >= 11 is 1.70. The van der Waals surface area contributed by atoms with Crippen LogP contribution in [0.2, 0.25) is 0 Å². The fraction of sp³-hybridized carbons (Fsp3) is 0.417. The molecule has 2 aromatic rings. The van der Waals surface area contributed by atoms with Crippen LogP contribution in [0.3, 0.4) is 0 Å². The molecule has 0 spiro atoms. The lowest BCUT2D eigenvalue weighted by Gasteiger charge is -2.13. The molecule has 0 saturated carbocycles. The highest BCUT2D eigenvalue weighted by molar-refractivity contribution is 7.09. The van der Waals surface area contributed by atoms with Crippen LogP contribution in [0.4, 0.5) is 4.79 Å². The lowest BCUT2D eigenvalue weighted by Crippen LogP contribution is -2.38. The predicted molar refractivity (Wildman–Crippen MR) is 74.0 cm³/mol. The number of carbonyl (C=O) groups is 1. The first-order chi connectivity index (χ1) is 9.16. The number of hydrogen-bond donors (Lipinski definition) is 2. The number of thiophene rings is 1. The van der Waals surface area contributed by atoms with Crippen molar-refractivity contribution in [3.05, 3.63) is 34.5 Å². The van der Waals surface area contributed by atoms with E-state index in [4.69, 9.17) is 0 Å². The average molecular weight is 279 g/mol. The van der Waals surface area contributed by atoms with Gasteiger partial charge >= 0.3 is 6.03 Å². The second-order valence-electron chi connectivity index (χ2n) is 4.25. The van der Waals surface area contributed by atoms with E-state index in [2.05, 4.69) is 26.9 Å². The van der Waals surface area contributed by atoms with E-state index in [9.17, 15) is 4.79 Å². The van der Waals surface area contributed by atoms with Gasteiger partial charge in [0.25, 0.3) is 0 Å². The summed E-state index contributed by atoms with van der Waals surface area (Å²) in [6.45, 7) is 2.50. The Bertz CT molecular complexity index is 522. The van der Waals surface area contributed by atoms with Crippen molar-refractivity contribution in [1.29, 1.82) is 0 Å². The molecule has 2 N–H and O–H groups in total. The zero-order chi connectivity index (χ0) is 13.7. The third kappa shape index (κ3) is 3.78. The molecule has 0 aromatic carbocycles. The zero-order valence-corrected chi connectivity index (χ0v) is 11.8. The van der Waals surface area contributed by atoms with E-state index in [1.807, 2.05) is 25.4 Å². The smallest absolute Gasteiger partial charge is 0.315 e. The number of amides is 2. The van der Waals surface area contributed by atoms with E-state index < -0.39 is 0 Å². The molecule has 0 radical (unpaired) electrons. The van der Waals surface area contributed by atoms with Gasteiger partial charge in [-0.05, 0) is 24.8 Å². The van der Waals surface area contributed by atoms with Gasteiger partial charge in [0, 0.05) is 18.5 Å². The molecule has 0 aliphatic carbocycles. The van der Waals surface area contributed by atoms with E-state index in [1.54, 1.807) is 22.2 Å². The van der Waals surface area contributed by atoms with Crippen LogP contribution in [0.15, 0.2) is 23.8 Å². The van der Waals surface area contributed by atoms with Crippen LogP contribution < -0.4 is 10.6 Å². The lowest BCUT2D eigenvalue weighted by atomic mass is 10.3. The molecular formula is C12H17N5OS. The molecule has 2 heterocycles. The minimum atomic E-state index is -0.188. The van der Waals surface area contributed by atoms with Crippen LogP contribution in [0.1, 0.15) is 23.7 Å². The molecule has 102 valence electrons. The Morgan fingerprint density at radius 1 is 1.58 bits per heavy atom. The number of urea groups is 1. The van der Waals surface area contributed by atoms with Gasteiger partial charge in [0.15, 0.2) is 5.82 Å². The van der Waals surface area contributed by atoms with E-state index in [0.29, 0.717) is 6.54 Å². The van der Waals surface area contributed by atoms with Crippen molar-refractivity contribution in [3.63, 3.8) is 0 Å². The van der Waals surface area contributed by atoms with E-state index >= 15 is 0 Å². The van der Waals surface area contributed by atoms with Crippen molar-refractivity contribution in [2.45, 2.75) is 19.4 Å². The molecule has 0 fully saturated rings. The Balaban J connectivity index is 1.74. The number of nitrogens with one attached hydrogen (secondary N) is 2. The molecule has 0 unspecified atom stereocenters. The average Bonchev–Trinajstić information content (AvgIpc) is 3.00. The summed E-state index contributed by atoms with van der Waals surface area (Å²) in [6, 6.07) is 3.71. The van der Waals surface area contributed by atoms with Gasteiger partial charge in [0.1, 0.15) is 6.33 Å². The van der Waals surface area contributed by atoms with E-state index in [-0.39, 0.29) is 12.1 Å². The Morgan fingerprint density at radius 3 is 3.05 bits per heavy atom. The van der Waals surface area contributed by atoms with Crippen molar-refractivity contribution in [1.82, 2.24) is 25.4 Å². The van der Waals surface area contributed by atoms with Crippen LogP contribution in [0.5, 0.6) is 0 Å². The molecule has 0 bridgehead atoms. The number of carbonyl (C=O) groups excluding carboxylic acids is 1. The van der Waals surface area contributed by atoms with Gasteiger partial charge in [-0.25, -0.2) is 4.79 Å². The Labute approximate surface area is 115 Å². The van der Waals surface area contributed by atoms with Gasteiger partial charge in [0.05, 0.1) is 6.04 Å². The molecule has 7 heteroatoms. The summed E-state index contributed by atoms with van der Waals surface area (Å²) in [5.41, 5.74) is 0. The highest BCUT2D eigenvalue weighted by Crippen LogP contribution is 2.08. The maximum Gasteiger partial charge on any atom is 0.315 e. The summed E-state index contributed by atoms with van der Waals surface area (Å²) in [4.78, 5) is 13.0. The van der Waals surface area contributed by atoms with Gasteiger partial charge < -0.3 is 15.2 Å². The fourth-order valence-corrected chi connectivity index (χ4v) is 2.46. The maximum absolute atomic E-state index is 11.7. The summed E-state index contributed by atoms with van der Waals surface area (Å²) in [6.07, 6.45) is 2.46. The third-order valence-electron chi connectivity index (χ3n) is 2.72. The topological polar surface area (TPSA) is 71.8 Å². The van der Waals surface area contributed by atoms with Crippen molar-refractivity contribution in [2.75, 3.05) is 6.54 Å². The molecule has 0 saturated heterocycles. The molecule has 2 aromatic heterocycles. The summed E-state index contributed by atoms with van der Waals surface area (Å²) < 4.78 is 1.79. The quantitative estimate of drug-likeness (QED) is 0.871. The minimum absolute atomic E-state index is 0.172. The Hall–Kier alpha value is -1.89. The van der Waals surface area contributed by atoms with Crippen LogP contribution in [0.25, 0.3) is 0 Å². The number of aromatic nitrogens is 3. The van der Waals surface area contributed by atoms with E-state index in [1.165, 1.54) is 4.88 Å². The largest absolute Gasteiger partial charge is 0.338 e. The highest BCUT2D eigenvalue weighted by atomic mass is 32.1. The molecule has 2 rings (SSSR count). The third-order valence-corrected chi connectivity index (χ3v) is 3.65. The van der Waals surface area contributed by atoms with Crippen molar-refractivity contribution < 1.29 is 4.79 Å². The van der Waals surface area contributed by atoms with Crippen LogP contribution in [-0.2, 0) is 13.5 Å². The summed E-state index contributed by atoms with van der Waals surface area (Å²) in [5, 5.41) is 15.4. The minimum Gasteiger partial charge on any atom is -0.338 e. The standard InChI is InChI=1S/C12H17N5OS/c1-9(11-16-14-8-17(11)2)15-12(18)13-6-5-10-4-3-7-19-10/h3-4,7-9H,5-6H2,1-2H3,(H2,13,15,18)/t9-/m1/s1. The molecule has 2 amide bonds. The van der Waals surface area contributed by atoms with Crippen molar-refractivity contribution in [2.24, 2.45) is 7.05 Å². The number of nitrogens with zero attached hydrogens (tertiary/aromatic N) is 3. The second kappa shape index (κ2) is 6.33.